The van der Waals surface area contributed by atoms with Crippen molar-refractivity contribution in [2.45, 2.75) is 12.7 Å². The van der Waals surface area contributed by atoms with E-state index in [-0.39, 0.29) is 5.82 Å². The smallest absolute Gasteiger partial charge is 0.142 e. The van der Waals surface area contributed by atoms with Gasteiger partial charge < -0.3 is 9.30 Å². The van der Waals surface area contributed by atoms with E-state index in [0.29, 0.717) is 17.7 Å². The number of hydrogen-bond acceptors (Lipinski definition) is 3. The highest BCUT2D eigenvalue weighted by molar-refractivity contribution is 5.96. The van der Waals surface area contributed by atoms with Crippen LogP contribution in [0.3, 0.4) is 0 Å². The predicted octanol–water partition coefficient (Wildman–Crippen LogP) is 6.56. The molecule has 0 radical (unpaired) electrons. The van der Waals surface area contributed by atoms with Gasteiger partial charge in [-0.25, -0.2) is 9.37 Å². The van der Waals surface area contributed by atoms with Crippen molar-refractivity contribution in [1.82, 2.24) is 9.55 Å². The quantitative estimate of drug-likeness (QED) is 0.296. The Morgan fingerprint density at radius 2 is 1.76 bits per heavy atom. The van der Waals surface area contributed by atoms with Gasteiger partial charge in [-0.2, -0.15) is 5.26 Å². The molecular weight excluding hydrogens is 425 g/mol. The zero-order valence-corrected chi connectivity index (χ0v) is 18.6. The van der Waals surface area contributed by atoms with Gasteiger partial charge in [0.1, 0.15) is 17.7 Å². The van der Waals surface area contributed by atoms with Crippen molar-refractivity contribution in [3.05, 3.63) is 126 Å². The Labute approximate surface area is 197 Å². The molecule has 4 nitrogen and oxygen atoms in total. The van der Waals surface area contributed by atoms with Gasteiger partial charge in [-0.05, 0) is 51.7 Å². The number of fused-ring (bicyclic) bond motifs is 1. The standard InChI is InChI=1S/C29H22FN3O/c1-33-16-15-32-29(33)28(34-19-21-11-9-20(18-31)10-12-21)23-13-14-27(30)26(17-23)25-8-4-6-22-5-2-3-7-24(22)25/h2-17,28H,19H2,1H3. The van der Waals surface area contributed by atoms with Gasteiger partial charge in [-0.15, -0.1) is 0 Å². The second-order valence-corrected chi connectivity index (χ2v) is 8.16. The monoisotopic (exact) mass is 447 g/mol. The second kappa shape index (κ2) is 9.30. The zero-order valence-electron chi connectivity index (χ0n) is 18.6. The maximum atomic E-state index is 15.1. The number of aryl methyl sites for hydroxylation is 1. The van der Waals surface area contributed by atoms with Gasteiger partial charge >= 0.3 is 0 Å². The number of benzene rings is 4. The maximum absolute atomic E-state index is 15.1. The normalized spacial score (nSPS) is 11.9. The van der Waals surface area contributed by atoms with Crippen molar-refractivity contribution in [3.63, 3.8) is 0 Å². The van der Waals surface area contributed by atoms with E-state index < -0.39 is 6.10 Å². The molecule has 5 rings (SSSR count). The van der Waals surface area contributed by atoms with Crippen LogP contribution in [-0.4, -0.2) is 9.55 Å². The molecule has 0 amide bonds. The minimum absolute atomic E-state index is 0.286. The maximum Gasteiger partial charge on any atom is 0.142 e. The van der Waals surface area contributed by atoms with Crippen LogP contribution in [0.15, 0.2) is 97.3 Å². The van der Waals surface area contributed by atoms with E-state index in [2.05, 4.69) is 11.1 Å². The summed E-state index contributed by atoms with van der Waals surface area (Å²) in [5.74, 6) is 0.440. The van der Waals surface area contributed by atoms with Crippen molar-refractivity contribution in [2.24, 2.45) is 7.05 Å². The Kier molecular flexibility index (Phi) is 5.90. The third-order valence-electron chi connectivity index (χ3n) is 5.97. The summed E-state index contributed by atoms with van der Waals surface area (Å²) in [7, 11) is 1.91. The van der Waals surface area contributed by atoms with Gasteiger partial charge in [0.2, 0.25) is 0 Å². The molecule has 1 heterocycles. The van der Waals surface area contributed by atoms with Crippen molar-refractivity contribution in [3.8, 4) is 17.2 Å². The van der Waals surface area contributed by atoms with Crippen molar-refractivity contribution in [2.75, 3.05) is 0 Å². The molecule has 34 heavy (non-hydrogen) atoms. The molecule has 0 saturated heterocycles. The summed E-state index contributed by atoms with van der Waals surface area (Å²) in [6.45, 7) is 0.324. The Balaban J connectivity index is 1.55. The number of halogens is 1. The molecule has 0 spiro atoms. The summed E-state index contributed by atoms with van der Waals surface area (Å²) in [6, 6.07) is 28.4. The summed E-state index contributed by atoms with van der Waals surface area (Å²) < 4.78 is 23.4. The molecule has 0 aliphatic carbocycles. The molecule has 0 N–H and O–H groups in total. The largest absolute Gasteiger partial charge is 0.361 e. The molecular formula is C29H22FN3O. The number of aromatic nitrogens is 2. The first-order valence-corrected chi connectivity index (χ1v) is 11.0. The summed E-state index contributed by atoms with van der Waals surface area (Å²) in [5.41, 5.74) is 3.71. The number of nitrogens with zero attached hydrogens (tertiary/aromatic N) is 3. The minimum Gasteiger partial charge on any atom is -0.361 e. The SMILES string of the molecule is Cn1ccnc1C(OCc1ccc(C#N)cc1)c1ccc(F)c(-c2cccc3ccccc23)c1. The van der Waals surface area contributed by atoms with Gasteiger partial charge in [0.25, 0.3) is 0 Å². The van der Waals surface area contributed by atoms with Crippen LogP contribution < -0.4 is 0 Å². The Morgan fingerprint density at radius 1 is 0.971 bits per heavy atom. The lowest BCUT2D eigenvalue weighted by Crippen LogP contribution is -2.12. The van der Waals surface area contributed by atoms with Crippen LogP contribution in [0.4, 0.5) is 4.39 Å². The highest BCUT2D eigenvalue weighted by Crippen LogP contribution is 2.34. The fraction of sp³-hybridized carbons (Fsp3) is 0.103. The molecule has 0 fully saturated rings. The van der Waals surface area contributed by atoms with E-state index >= 15 is 4.39 Å². The number of ether oxygens (including phenoxy) is 1. The topological polar surface area (TPSA) is 50.8 Å². The molecule has 1 aromatic heterocycles. The third kappa shape index (κ3) is 4.19. The van der Waals surface area contributed by atoms with Gasteiger partial charge in [0, 0.05) is 25.0 Å². The van der Waals surface area contributed by atoms with Gasteiger partial charge in [-0.3, -0.25) is 0 Å². The second-order valence-electron chi connectivity index (χ2n) is 8.16. The molecule has 4 aromatic carbocycles. The van der Waals surface area contributed by atoms with Crippen LogP contribution in [0, 0.1) is 17.1 Å². The van der Waals surface area contributed by atoms with Crippen molar-refractivity contribution < 1.29 is 9.13 Å². The average Bonchev–Trinajstić information content (AvgIpc) is 3.30. The first-order chi connectivity index (χ1) is 16.6. The van der Waals surface area contributed by atoms with Gasteiger partial charge in [0.05, 0.1) is 18.2 Å². The Morgan fingerprint density at radius 3 is 2.53 bits per heavy atom. The Hall–Kier alpha value is -4.27. The fourth-order valence-electron chi connectivity index (χ4n) is 4.18. The fourth-order valence-corrected chi connectivity index (χ4v) is 4.18. The number of nitriles is 1. The molecule has 5 aromatic rings. The van der Waals surface area contributed by atoms with Gasteiger partial charge in [0.15, 0.2) is 0 Å². The third-order valence-corrected chi connectivity index (χ3v) is 5.97. The number of rotatable bonds is 6. The predicted molar refractivity (Wildman–Crippen MR) is 130 cm³/mol. The van der Waals surface area contributed by atoms with E-state index in [0.717, 1.165) is 33.3 Å². The van der Waals surface area contributed by atoms with Gasteiger partial charge in [-0.1, -0.05) is 60.7 Å². The Bertz CT molecular complexity index is 1490. The van der Waals surface area contributed by atoms with E-state index in [9.17, 15) is 0 Å². The molecule has 5 heteroatoms. The molecule has 166 valence electrons. The van der Waals surface area contributed by atoms with Crippen molar-refractivity contribution >= 4 is 10.8 Å². The van der Waals surface area contributed by atoms with Crippen LogP contribution in [0.25, 0.3) is 21.9 Å². The molecule has 0 aliphatic heterocycles. The van der Waals surface area contributed by atoms with E-state index in [4.69, 9.17) is 10.00 Å². The van der Waals surface area contributed by atoms with E-state index in [1.807, 2.05) is 78.5 Å². The molecule has 0 saturated carbocycles. The minimum atomic E-state index is -0.495. The summed E-state index contributed by atoms with van der Waals surface area (Å²) in [6.07, 6.45) is 3.09. The van der Waals surface area contributed by atoms with Crippen LogP contribution >= 0.6 is 0 Å². The first-order valence-electron chi connectivity index (χ1n) is 11.0. The summed E-state index contributed by atoms with van der Waals surface area (Å²) >= 11 is 0. The molecule has 0 bridgehead atoms. The summed E-state index contributed by atoms with van der Waals surface area (Å²) in [4.78, 5) is 4.51. The van der Waals surface area contributed by atoms with Crippen LogP contribution in [0.1, 0.15) is 28.6 Å². The van der Waals surface area contributed by atoms with Crippen LogP contribution in [0.5, 0.6) is 0 Å². The van der Waals surface area contributed by atoms with E-state index in [1.165, 1.54) is 6.07 Å². The number of hydrogen-bond donors (Lipinski definition) is 0. The summed E-state index contributed by atoms with van der Waals surface area (Å²) in [5, 5.41) is 11.1. The average molecular weight is 448 g/mol. The number of imidazole rings is 1. The lowest BCUT2D eigenvalue weighted by atomic mass is 9.95. The first kappa shape index (κ1) is 21.6. The van der Waals surface area contributed by atoms with Crippen LogP contribution in [-0.2, 0) is 18.4 Å². The zero-order chi connectivity index (χ0) is 23.5. The highest BCUT2D eigenvalue weighted by atomic mass is 19.1. The lowest BCUT2D eigenvalue weighted by molar-refractivity contribution is 0.0593. The molecule has 0 aliphatic rings. The molecule has 1 atom stereocenters. The highest BCUT2D eigenvalue weighted by Gasteiger charge is 2.21. The van der Waals surface area contributed by atoms with Crippen LogP contribution in [0.2, 0.25) is 0 Å². The lowest BCUT2D eigenvalue weighted by Gasteiger charge is -2.20. The van der Waals surface area contributed by atoms with Crippen molar-refractivity contribution in [1.29, 1.82) is 5.26 Å². The molecule has 1 unspecified atom stereocenters. The van der Waals surface area contributed by atoms with E-state index in [1.54, 1.807) is 24.4 Å².